The highest BCUT2D eigenvalue weighted by Crippen LogP contribution is 2.32. The van der Waals surface area contributed by atoms with Crippen molar-refractivity contribution in [2.75, 3.05) is 0 Å². The summed E-state index contributed by atoms with van der Waals surface area (Å²) >= 11 is 0. The predicted octanol–water partition coefficient (Wildman–Crippen LogP) is 2.93. The number of nitrogens with two attached hydrogens (primary N) is 2. The molecule has 1 aromatic carbocycles. The van der Waals surface area contributed by atoms with E-state index in [2.05, 4.69) is 63.9 Å². The first kappa shape index (κ1) is 19.3. The molecule has 0 aromatic heterocycles. The summed E-state index contributed by atoms with van der Waals surface area (Å²) in [5.74, 6) is 0. The standard InChI is InChI=1S/C17H26N2.CH2O/c1-6-19-16-8-7-14(12-18)11-15(16)17(4,5)10-9-13(2)3;1-2/h6-9,11,19H,1,10,12,18H2,2-5H3;1H2/p+1. The summed E-state index contributed by atoms with van der Waals surface area (Å²) < 4.78 is 0. The highest BCUT2D eigenvalue weighted by molar-refractivity contribution is 5.46. The van der Waals surface area contributed by atoms with Gasteiger partial charge in [-0.25, -0.2) is 0 Å². The summed E-state index contributed by atoms with van der Waals surface area (Å²) in [5, 5.41) is 2.07. The monoisotopic (exact) mass is 289 g/mol. The van der Waals surface area contributed by atoms with E-state index in [0.29, 0.717) is 6.54 Å². The van der Waals surface area contributed by atoms with E-state index in [-0.39, 0.29) is 5.41 Å². The van der Waals surface area contributed by atoms with Gasteiger partial charge in [-0.05, 0) is 50.0 Å². The molecule has 0 fully saturated rings. The number of quaternary nitrogens is 1. The number of hydrogen-bond acceptors (Lipinski definition) is 2. The van der Waals surface area contributed by atoms with Gasteiger partial charge in [-0.2, -0.15) is 0 Å². The van der Waals surface area contributed by atoms with Crippen molar-refractivity contribution in [1.29, 1.82) is 0 Å². The number of carbonyl (C=O) groups is 1. The van der Waals surface area contributed by atoms with Crippen molar-refractivity contribution in [3.8, 4) is 0 Å². The summed E-state index contributed by atoms with van der Waals surface area (Å²) in [6, 6.07) is 6.47. The van der Waals surface area contributed by atoms with Gasteiger partial charge < -0.3 is 10.5 Å². The fourth-order valence-electron chi connectivity index (χ4n) is 2.16. The van der Waals surface area contributed by atoms with Crippen LogP contribution in [-0.4, -0.2) is 6.79 Å². The molecular formula is C18H29N2O+. The Morgan fingerprint density at radius 3 is 2.43 bits per heavy atom. The molecule has 3 heteroatoms. The van der Waals surface area contributed by atoms with Crippen molar-refractivity contribution in [2.24, 2.45) is 5.73 Å². The lowest BCUT2D eigenvalue weighted by atomic mass is 9.79. The van der Waals surface area contributed by atoms with Crippen LogP contribution < -0.4 is 11.1 Å². The summed E-state index contributed by atoms with van der Waals surface area (Å²) in [7, 11) is 0. The highest BCUT2D eigenvalue weighted by Gasteiger charge is 2.24. The van der Waals surface area contributed by atoms with Gasteiger partial charge in [0.2, 0.25) is 0 Å². The molecule has 0 bridgehead atoms. The molecule has 1 aromatic rings. The van der Waals surface area contributed by atoms with Crippen LogP contribution in [0.15, 0.2) is 42.6 Å². The second-order valence-corrected chi connectivity index (χ2v) is 5.90. The molecule has 0 saturated carbocycles. The third-order valence-corrected chi connectivity index (χ3v) is 3.40. The van der Waals surface area contributed by atoms with Gasteiger partial charge in [-0.3, -0.25) is 5.32 Å². The van der Waals surface area contributed by atoms with Crippen LogP contribution in [0, 0.1) is 0 Å². The lowest BCUT2D eigenvalue weighted by Crippen LogP contribution is -2.71. The third-order valence-electron chi connectivity index (χ3n) is 3.40. The Bertz CT molecular complexity index is 486. The fourth-order valence-corrected chi connectivity index (χ4v) is 2.16. The largest absolute Gasteiger partial charge is 0.326 e. The van der Waals surface area contributed by atoms with Gasteiger partial charge >= 0.3 is 0 Å². The fraction of sp³-hybridized carbons (Fsp3) is 0.389. The van der Waals surface area contributed by atoms with E-state index in [0.717, 1.165) is 6.42 Å². The van der Waals surface area contributed by atoms with Crippen LogP contribution >= 0.6 is 0 Å². The minimum Gasteiger partial charge on any atom is -0.326 e. The van der Waals surface area contributed by atoms with E-state index in [1.807, 2.05) is 13.0 Å². The molecule has 0 amide bonds. The summed E-state index contributed by atoms with van der Waals surface area (Å²) in [4.78, 5) is 8.00. The van der Waals surface area contributed by atoms with Crippen molar-refractivity contribution in [3.63, 3.8) is 0 Å². The summed E-state index contributed by atoms with van der Waals surface area (Å²) in [5.41, 5.74) is 11.0. The maximum Gasteiger partial charge on any atom is 0.137 e. The zero-order valence-corrected chi connectivity index (χ0v) is 13.8. The smallest absolute Gasteiger partial charge is 0.137 e. The van der Waals surface area contributed by atoms with Gasteiger partial charge in [0.25, 0.3) is 0 Å². The molecule has 116 valence electrons. The molecule has 0 aliphatic heterocycles. The normalized spacial score (nSPS) is 10.3. The van der Waals surface area contributed by atoms with Crippen LogP contribution in [0.2, 0.25) is 0 Å². The lowest BCUT2D eigenvalue weighted by molar-refractivity contribution is -0.496. The first-order valence-electron chi connectivity index (χ1n) is 7.12. The molecule has 4 N–H and O–H groups in total. The minimum absolute atomic E-state index is 0.0945. The first-order valence-corrected chi connectivity index (χ1v) is 7.12. The average Bonchev–Trinajstić information content (AvgIpc) is 2.48. The highest BCUT2D eigenvalue weighted by atomic mass is 16.1. The third kappa shape index (κ3) is 6.06. The van der Waals surface area contributed by atoms with E-state index in [4.69, 9.17) is 10.5 Å². The van der Waals surface area contributed by atoms with Gasteiger partial charge in [0.1, 0.15) is 12.5 Å². The number of benzene rings is 1. The maximum absolute atomic E-state index is 8.00. The van der Waals surface area contributed by atoms with E-state index >= 15 is 0 Å². The molecule has 0 spiro atoms. The van der Waals surface area contributed by atoms with E-state index < -0.39 is 0 Å². The van der Waals surface area contributed by atoms with Crippen molar-refractivity contribution >= 4 is 12.5 Å². The second kappa shape index (κ2) is 9.27. The quantitative estimate of drug-likeness (QED) is 0.625. The van der Waals surface area contributed by atoms with E-state index in [1.54, 1.807) is 0 Å². The van der Waals surface area contributed by atoms with Gasteiger partial charge in [0.05, 0.1) is 6.20 Å². The van der Waals surface area contributed by atoms with Crippen LogP contribution in [0.1, 0.15) is 45.2 Å². The second-order valence-electron chi connectivity index (χ2n) is 5.90. The molecular weight excluding hydrogens is 260 g/mol. The summed E-state index contributed by atoms with van der Waals surface area (Å²) in [6.45, 7) is 15.2. The van der Waals surface area contributed by atoms with Crippen LogP contribution in [0.4, 0.5) is 5.69 Å². The molecule has 0 saturated heterocycles. The van der Waals surface area contributed by atoms with E-state index in [9.17, 15) is 0 Å². The predicted molar refractivity (Wildman–Crippen MR) is 90.3 cm³/mol. The van der Waals surface area contributed by atoms with Crippen LogP contribution in [-0.2, 0) is 16.8 Å². The van der Waals surface area contributed by atoms with Gasteiger partial charge in [-0.15, -0.1) is 0 Å². The molecule has 0 atom stereocenters. The zero-order chi connectivity index (χ0) is 16.5. The maximum atomic E-state index is 8.00. The van der Waals surface area contributed by atoms with Crippen molar-refractivity contribution in [1.82, 2.24) is 0 Å². The lowest BCUT2D eigenvalue weighted by Gasteiger charge is -2.25. The molecule has 0 heterocycles. The van der Waals surface area contributed by atoms with Crippen LogP contribution in [0.5, 0.6) is 0 Å². The first-order chi connectivity index (χ1) is 9.90. The Kier molecular flexibility index (Phi) is 8.51. The molecule has 0 unspecified atom stereocenters. The summed E-state index contributed by atoms with van der Waals surface area (Å²) in [6.07, 6.45) is 5.17. The number of carbonyl (C=O) groups excluding carboxylic acids is 1. The Morgan fingerprint density at radius 1 is 1.33 bits per heavy atom. The van der Waals surface area contributed by atoms with E-state index in [1.165, 1.54) is 22.4 Å². The molecule has 21 heavy (non-hydrogen) atoms. The zero-order valence-electron chi connectivity index (χ0n) is 13.8. The number of rotatable bonds is 6. The molecule has 0 aliphatic rings. The van der Waals surface area contributed by atoms with Crippen molar-refractivity contribution in [3.05, 3.63) is 53.8 Å². The minimum atomic E-state index is 0.0945. The Balaban J connectivity index is 0.00000191. The van der Waals surface area contributed by atoms with Gasteiger partial charge in [0.15, 0.2) is 0 Å². The van der Waals surface area contributed by atoms with Gasteiger partial charge in [-0.1, -0.05) is 31.6 Å². The average molecular weight is 289 g/mol. The van der Waals surface area contributed by atoms with Crippen molar-refractivity contribution in [2.45, 2.75) is 46.1 Å². The Morgan fingerprint density at radius 2 is 1.95 bits per heavy atom. The molecule has 0 aliphatic carbocycles. The topological polar surface area (TPSA) is 59.7 Å². The Labute approximate surface area is 128 Å². The molecule has 3 nitrogen and oxygen atoms in total. The van der Waals surface area contributed by atoms with Crippen LogP contribution in [0.3, 0.4) is 0 Å². The van der Waals surface area contributed by atoms with Gasteiger partial charge in [0, 0.05) is 12.1 Å². The molecule has 1 rings (SSSR count). The van der Waals surface area contributed by atoms with Crippen LogP contribution in [0.25, 0.3) is 0 Å². The Hall–Kier alpha value is -1.71. The number of allylic oxidation sites excluding steroid dienone is 2. The van der Waals surface area contributed by atoms with Crippen molar-refractivity contribution < 1.29 is 10.1 Å². The molecule has 0 radical (unpaired) electrons. The number of hydrogen-bond donors (Lipinski definition) is 2. The SMILES string of the molecule is C=C[NH2+]c1ccc(CN)cc1C(C)(C)CC=C(C)C.C=O.